The molecule has 7 aromatic heterocycles. The van der Waals surface area contributed by atoms with Crippen LogP contribution in [-0.2, 0) is 44.8 Å². The van der Waals surface area contributed by atoms with E-state index in [1.54, 1.807) is 72.4 Å². The van der Waals surface area contributed by atoms with Gasteiger partial charge in [0.15, 0.2) is 0 Å². The molecule has 480 valence electrons. The number of benzene rings is 6. The fraction of sp³-hybridized carbons (Fsp3) is 0.0513. The zero-order chi connectivity index (χ0) is 67.0. The van der Waals surface area contributed by atoms with Crippen LogP contribution in [0.25, 0.3) is 102 Å². The summed E-state index contributed by atoms with van der Waals surface area (Å²) in [6.45, 7) is 0.432. The number of nitrogens with zero attached hydrogens (tertiary/aromatic N) is 12. The standard InChI is InChI=1S/C78H58N16O4.Fe/c1-5-47-25-27-49(28-26-47)67-38-82-46-94(67)42-48-15-14-16-50(37-48)75(95)87-55-21-10-6-17-51(55)71-59-29-31-61(83-59)72(52-18-7-11-22-56(52)88-76(96)68-39-79-43-91(68)2)63-33-35-65(85-63)74(54-20-9-13-24-58(54)90-78(98)70-41-81-45-93(70)4)66-36-34-64(86-66)73(62-32-30-60(71)84-62)53-19-8-12-23-57(53)89-77(97)69-40-80-44-92(69)3;/h1,6-41,43-46H,42H2,2-4H3,(H6,83,84,85,86,87,88,89,90,95,96,97,98);/q;+2/p-2. The average Bonchev–Trinajstić information content (AvgIpc) is 1.63. The summed E-state index contributed by atoms with van der Waals surface area (Å²) in [6.07, 6.45) is 26.1. The van der Waals surface area contributed by atoms with E-state index in [0.717, 1.165) is 22.4 Å². The van der Waals surface area contributed by atoms with Crippen LogP contribution in [0.1, 0.15) is 75.7 Å². The van der Waals surface area contributed by atoms with Crippen molar-refractivity contribution in [3.05, 3.63) is 277 Å². The number of hydrogen-bond donors (Lipinski definition) is 4. The summed E-state index contributed by atoms with van der Waals surface area (Å²) in [6, 6.07) is 52.7. The number of carbonyl (C=O) groups excluding carboxylic acids is 4. The molecule has 15 rings (SSSR count). The number of anilines is 4. The first kappa shape index (κ1) is 63.1. The summed E-state index contributed by atoms with van der Waals surface area (Å²) in [5.41, 5.74) is 15.3. The van der Waals surface area contributed by atoms with Gasteiger partial charge in [0.2, 0.25) is 0 Å². The van der Waals surface area contributed by atoms with Crippen molar-refractivity contribution in [2.75, 3.05) is 21.3 Å². The summed E-state index contributed by atoms with van der Waals surface area (Å²) in [5.74, 6) is 1.15. The topological polar surface area (TPSA) is 242 Å². The quantitative estimate of drug-likeness (QED) is 0.0553. The van der Waals surface area contributed by atoms with Crippen LogP contribution in [0.4, 0.5) is 22.7 Å². The number of aromatic nitrogens is 12. The Morgan fingerprint density at radius 2 is 0.788 bits per heavy atom. The van der Waals surface area contributed by atoms with Gasteiger partial charge in [0.25, 0.3) is 23.6 Å². The average molecular weight is 1340 g/mol. The molecule has 0 atom stereocenters. The van der Waals surface area contributed by atoms with Gasteiger partial charge < -0.3 is 49.5 Å². The maximum atomic E-state index is 14.9. The molecule has 0 saturated heterocycles. The van der Waals surface area contributed by atoms with Gasteiger partial charge in [0, 0.05) is 83.8 Å². The van der Waals surface area contributed by atoms with Crippen molar-refractivity contribution in [2.24, 2.45) is 21.1 Å². The van der Waals surface area contributed by atoms with Gasteiger partial charge in [0.05, 0.1) is 78.6 Å². The molecule has 20 nitrogen and oxygen atoms in total. The van der Waals surface area contributed by atoms with E-state index in [9.17, 15) is 19.2 Å². The molecule has 0 fully saturated rings. The first-order valence-corrected chi connectivity index (χ1v) is 31.1. The number of aryl methyl sites for hydroxylation is 3. The van der Waals surface area contributed by atoms with Crippen molar-refractivity contribution < 1.29 is 36.2 Å². The Balaban J connectivity index is 0.00000836. The molecule has 6 aromatic carbocycles. The van der Waals surface area contributed by atoms with Gasteiger partial charge in [-0.05, 0) is 106 Å². The van der Waals surface area contributed by atoms with Gasteiger partial charge in [-0.1, -0.05) is 127 Å². The van der Waals surface area contributed by atoms with Gasteiger partial charge in [0.1, 0.15) is 17.1 Å². The van der Waals surface area contributed by atoms with E-state index in [-0.39, 0.29) is 40.7 Å². The normalized spacial score (nSPS) is 11.4. The van der Waals surface area contributed by atoms with Crippen LogP contribution in [-0.4, -0.2) is 71.8 Å². The van der Waals surface area contributed by atoms with Crippen LogP contribution in [0.2, 0.25) is 0 Å². The molecule has 8 bridgehead atoms. The third kappa shape index (κ3) is 12.3. The molecule has 0 saturated carbocycles. The van der Waals surface area contributed by atoms with Crippen molar-refractivity contribution in [3.8, 4) is 68.1 Å². The third-order valence-corrected chi connectivity index (χ3v) is 17.1. The Bertz CT molecular complexity index is 5580. The number of imidazole rings is 4. The Morgan fingerprint density at radius 1 is 0.424 bits per heavy atom. The van der Waals surface area contributed by atoms with Crippen molar-refractivity contribution in [1.29, 1.82) is 0 Å². The first-order valence-electron chi connectivity index (χ1n) is 31.1. The molecule has 9 heterocycles. The van der Waals surface area contributed by atoms with E-state index in [2.05, 4.69) is 47.1 Å². The maximum absolute atomic E-state index is 14.9. The number of hydrogen-bond acceptors (Lipinski definition) is 10. The molecule has 0 spiro atoms. The number of amides is 4. The van der Waals surface area contributed by atoms with Gasteiger partial charge >= 0.3 is 17.1 Å². The Labute approximate surface area is 577 Å². The predicted octanol–water partition coefficient (Wildman–Crippen LogP) is 13.7. The van der Waals surface area contributed by atoms with Crippen molar-refractivity contribution >= 4 is 92.7 Å². The molecule has 2 aliphatic rings. The molecular weight excluding hydrogens is 1280 g/mol. The molecule has 4 N–H and O–H groups in total. The van der Waals surface area contributed by atoms with Gasteiger partial charge in [-0.2, -0.15) is 0 Å². The minimum Gasteiger partial charge on any atom is -0.657 e. The van der Waals surface area contributed by atoms with E-state index < -0.39 is 0 Å². The predicted molar refractivity (Wildman–Crippen MR) is 381 cm³/mol. The summed E-state index contributed by atoms with van der Waals surface area (Å²) in [5, 5.41) is 12.7. The molecular formula is C78H56FeN16O4. The van der Waals surface area contributed by atoms with Crippen LogP contribution >= 0.6 is 0 Å². The molecule has 0 radical (unpaired) electrons. The number of fused-ring (bicyclic) bond motifs is 8. The molecule has 0 unspecified atom stereocenters. The largest absolute Gasteiger partial charge is 2.00 e. The molecule has 99 heavy (non-hydrogen) atoms. The van der Waals surface area contributed by atoms with E-state index in [0.29, 0.717) is 141 Å². The fourth-order valence-corrected chi connectivity index (χ4v) is 12.3. The van der Waals surface area contributed by atoms with Crippen molar-refractivity contribution in [1.82, 2.24) is 58.1 Å². The van der Waals surface area contributed by atoms with Crippen LogP contribution < -0.4 is 31.2 Å². The molecule has 0 aliphatic carbocycles. The SMILES string of the molecule is C#Cc1ccc(-c2cncn2Cc2cccc(C(=O)Nc3ccccc3-c3c4nc(c(-c5ccccc5NC(=O)c5cncn5C)c5ccc([n-]5)c(-c5ccccc5NC(=O)c5cncn5C)c5nc(c(-c6ccccc6NC(=O)c6cncn6C)c6ccc3[n-]6)C=C5)C=C4)c2)cc1.[Fe+2]. The molecule has 13 aromatic rings. The molecule has 21 heteroatoms. The molecule has 4 amide bonds. The zero-order valence-electron chi connectivity index (χ0n) is 53.2. The van der Waals surface area contributed by atoms with E-state index in [1.165, 1.54) is 18.6 Å². The number of carbonyl (C=O) groups is 4. The zero-order valence-corrected chi connectivity index (χ0v) is 54.3. The number of para-hydroxylation sites is 4. The Morgan fingerprint density at radius 3 is 1.15 bits per heavy atom. The van der Waals surface area contributed by atoms with Crippen LogP contribution in [0, 0.1) is 12.3 Å². The summed E-state index contributed by atoms with van der Waals surface area (Å²) in [4.78, 5) is 96.7. The molecule has 2 aliphatic heterocycles. The second-order valence-electron chi connectivity index (χ2n) is 23.4. The Hall–Kier alpha value is -13.3. The van der Waals surface area contributed by atoms with Crippen LogP contribution in [0.5, 0.6) is 0 Å². The summed E-state index contributed by atoms with van der Waals surface area (Å²) < 4.78 is 6.96. The van der Waals surface area contributed by atoms with Gasteiger partial charge in [-0.3, -0.25) is 19.2 Å². The van der Waals surface area contributed by atoms with Crippen LogP contribution in [0.15, 0.2) is 220 Å². The minimum atomic E-state index is -0.388. The third-order valence-electron chi connectivity index (χ3n) is 17.1. The minimum absolute atomic E-state index is 0. The Kier molecular flexibility index (Phi) is 17.1. The second kappa shape index (κ2) is 26.8. The maximum Gasteiger partial charge on any atom is 2.00 e. The fourth-order valence-electron chi connectivity index (χ4n) is 12.3. The second-order valence-corrected chi connectivity index (χ2v) is 23.4. The summed E-state index contributed by atoms with van der Waals surface area (Å²) >= 11 is 0. The number of rotatable bonds is 15. The van der Waals surface area contributed by atoms with Crippen molar-refractivity contribution in [3.63, 3.8) is 0 Å². The number of nitrogens with one attached hydrogen (secondary N) is 4. The van der Waals surface area contributed by atoms with Crippen molar-refractivity contribution in [2.45, 2.75) is 6.54 Å². The van der Waals surface area contributed by atoms with E-state index in [1.807, 2.05) is 193 Å². The van der Waals surface area contributed by atoms with Crippen LogP contribution in [0.3, 0.4) is 0 Å². The number of terminal acetylenes is 1. The van der Waals surface area contributed by atoms with E-state index >= 15 is 0 Å². The van der Waals surface area contributed by atoms with Gasteiger partial charge in [-0.25, -0.2) is 29.9 Å². The van der Waals surface area contributed by atoms with E-state index in [4.69, 9.17) is 26.4 Å². The van der Waals surface area contributed by atoms with Gasteiger partial charge in [-0.15, -0.1) is 28.5 Å². The smallest absolute Gasteiger partial charge is 0.657 e. The monoisotopic (exact) mass is 1340 g/mol. The first-order chi connectivity index (χ1) is 47.9. The summed E-state index contributed by atoms with van der Waals surface area (Å²) in [7, 11) is 5.25.